The van der Waals surface area contributed by atoms with E-state index < -0.39 is 27.0 Å². The summed E-state index contributed by atoms with van der Waals surface area (Å²) in [4.78, 5) is 35.4. The number of benzene rings is 1. The van der Waals surface area contributed by atoms with E-state index >= 15 is 0 Å². The van der Waals surface area contributed by atoms with Gasteiger partial charge in [0.1, 0.15) is 0 Å². The second-order valence-corrected chi connectivity index (χ2v) is 10.4. The van der Waals surface area contributed by atoms with Crippen molar-refractivity contribution in [3.63, 3.8) is 0 Å². The van der Waals surface area contributed by atoms with Gasteiger partial charge < -0.3 is 21.7 Å². The predicted octanol–water partition coefficient (Wildman–Crippen LogP) is 0.610. The van der Waals surface area contributed by atoms with Gasteiger partial charge in [0.05, 0.1) is 34.5 Å². The molecule has 3 atom stereocenters. The highest BCUT2D eigenvalue weighted by Crippen LogP contribution is 2.29. The molecule has 158 valence electrons. The lowest BCUT2D eigenvalue weighted by Crippen LogP contribution is -2.39. The average molecular weight is 441 g/mol. The summed E-state index contributed by atoms with van der Waals surface area (Å²) >= 11 is 1.25. The van der Waals surface area contributed by atoms with E-state index in [9.17, 15) is 22.8 Å². The summed E-state index contributed by atoms with van der Waals surface area (Å²) in [6.45, 7) is 0. The Kier molecular flexibility index (Phi) is 6.68. The molecule has 2 aliphatic heterocycles. The fourth-order valence-corrected chi connectivity index (χ4v) is 6.71. The molecule has 1 aromatic rings. The van der Waals surface area contributed by atoms with Gasteiger partial charge in [-0.25, -0.2) is 13.2 Å². The number of hydrogen-bond donors (Lipinski definition) is 4. The number of amides is 4. The van der Waals surface area contributed by atoms with Crippen LogP contribution in [0.1, 0.15) is 25.7 Å². The number of carbonyl (C=O) groups excluding carboxylic acids is 3. The topological polar surface area (TPSA) is 147 Å². The molecule has 2 saturated heterocycles. The Labute approximate surface area is 173 Å². The van der Waals surface area contributed by atoms with E-state index in [0.29, 0.717) is 24.9 Å². The van der Waals surface area contributed by atoms with Crippen LogP contribution in [0.15, 0.2) is 29.2 Å². The van der Waals surface area contributed by atoms with Gasteiger partial charge in [-0.3, -0.25) is 9.59 Å². The Bertz CT molecular complexity index is 905. The first-order valence-electron chi connectivity index (χ1n) is 9.35. The molecule has 0 bridgehead atoms. The number of unbranched alkanes of at least 4 members (excludes halogenated alkanes) is 1. The summed E-state index contributed by atoms with van der Waals surface area (Å²) in [6, 6.07) is 6.06. The molecule has 0 aliphatic carbocycles. The highest BCUT2D eigenvalue weighted by atomic mass is 32.2. The summed E-state index contributed by atoms with van der Waals surface area (Å²) in [5.74, 6) is -0.536. The fraction of sp³-hybridized carbons (Fsp3) is 0.500. The Morgan fingerprint density at radius 2 is 1.97 bits per heavy atom. The number of carbonyl (C=O) groups is 3. The minimum absolute atomic E-state index is 0.0404. The standard InChI is InChI=1S/C18H24N4O5S2/c19-15(23)9-28-13-6-2-1-5-11(13)20-16(24)8-4-3-7-14-17-12(10-29(14,26)27)21-18(25)22-17/h1-2,5-6,12,14,17H,3-4,7-10H2,(H2,19,23)(H,20,24)(H2,21,22,25). The molecule has 0 saturated carbocycles. The minimum atomic E-state index is -3.26. The van der Waals surface area contributed by atoms with Crippen LogP contribution in [0.3, 0.4) is 0 Å². The van der Waals surface area contributed by atoms with Crippen molar-refractivity contribution in [2.75, 3.05) is 16.8 Å². The van der Waals surface area contributed by atoms with Crippen LogP contribution >= 0.6 is 11.8 Å². The number of anilines is 1. The second-order valence-electron chi connectivity index (χ2n) is 7.16. The third-order valence-corrected chi connectivity index (χ3v) is 8.37. The zero-order chi connectivity index (χ0) is 21.0. The number of sulfone groups is 1. The van der Waals surface area contributed by atoms with Crippen molar-refractivity contribution < 1.29 is 22.8 Å². The van der Waals surface area contributed by atoms with Crippen molar-refractivity contribution in [1.29, 1.82) is 0 Å². The van der Waals surface area contributed by atoms with Crippen LogP contribution in [0.25, 0.3) is 0 Å². The van der Waals surface area contributed by atoms with Gasteiger partial charge in [-0.15, -0.1) is 11.8 Å². The quantitative estimate of drug-likeness (QED) is 0.251. The first-order valence-corrected chi connectivity index (χ1v) is 12.0. The molecule has 2 aliphatic rings. The maximum absolute atomic E-state index is 12.3. The maximum atomic E-state index is 12.3. The molecule has 4 amide bonds. The molecule has 2 fully saturated rings. The Hall–Kier alpha value is -2.27. The monoisotopic (exact) mass is 440 g/mol. The molecule has 9 nitrogen and oxygen atoms in total. The van der Waals surface area contributed by atoms with E-state index in [2.05, 4.69) is 16.0 Å². The zero-order valence-electron chi connectivity index (χ0n) is 15.7. The van der Waals surface area contributed by atoms with Gasteiger partial charge in [0, 0.05) is 11.3 Å². The van der Waals surface area contributed by atoms with E-state index in [0.717, 1.165) is 4.90 Å². The lowest BCUT2D eigenvalue weighted by atomic mass is 10.0. The Morgan fingerprint density at radius 1 is 1.21 bits per heavy atom. The van der Waals surface area contributed by atoms with Gasteiger partial charge in [0.15, 0.2) is 9.84 Å². The summed E-state index contributed by atoms with van der Waals surface area (Å²) in [6.07, 6.45) is 1.76. The molecule has 1 aromatic carbocycles. The highest BCUT2D eigenvalue weighted by Gasteiger charge is 2.51. The molecule has 29 heavy (non-hydrogen) atoms. The number of para-hydroxylation sites is 1. The first kappa shape index (κ1) is 21.4. The van der Waals surface area contributed by atoms with Crippen LogP contribution in [-0.2, 0) is 19.4 Å². The van der Waals surface area contributed by atoms with Crippen LogP contribution in [0, 0.1) is 0 Å². The van der Waals surface area contributed by atoms with E-state index in [1.165, 1.54) is 11.8 Å². The first-order chi connectivity index (χ1) is 13.8. The largest absolute Gasteiger partial charge is 0.369 e. The van der Waals surface area contributed by atoms with Crippen molar-refractivity contribution in [2.45, 2.75) is 47.9 Å². The number of rotatable bonds is 9. The van der Waals surface area contributed by atoms with E-state index in [4.69, 9.17) is 5.73 Å². The molecule has 3 rings (SSSR count). The van der Waals surface area contributed by atoms with Gasteiger partial charge in [0.25, 0.3) is 0 Å². The highest BCUT2D eigenvalue weighted by molar-refractivity contribution is 8.00. The molecular formula is C18H24N4O5S2. The number of urea groups is 1. The Morgan fingerprint density at radius 3 is 2.72 bits per heavy atom. The lowest BCUT2D eigenvalue weighted by molar-refractivity contribution is -0.116. The van der Waals surface area contributed by atoms with E-state index in [1.54, 1.807) is 18.2 Å². The second kappa shape index (κ2) is 9.04. The number of hydrogen-bond acceptors (Lipinski definition) is 6. The molecule has 0 spiro atoms. The molecule has 0 radical (unpaired) electrons. The van der Waals surface area contributed by atoms with Crippen LogP contribution in [0.5, 0.6) is 0 Å². The lowest BCUT2D eigenvalue weighted by Gasteiger charge is -2.16. The summed E-state index contributed by atoms with van der Waals surface area (Å²) in [7, 11) is -3.26. The van der Waals surface area contributed by atoms with Crippen LogP contribution in [0.2, 0.25) is 0 Å². The number of primary amides is 1. The van der Waals surface area contributed by atoms with Gasteiger partial charge >= 0.3 is 6.03 Å². The number of nitrogens with two attached hydrogens (primary N) is 1. The summed E-state index contributed by atoms with van der Waals surface area (Å²) in [5.41, 5.74) is 5.78. The molecular weight excluding hydrogens is 416 g/mol. The van der Waals surface area contributed by atoms with Crippen molar-refractivity contribution in [2.24, 2.45) is 5.73 Å². The van der Waals surface area contributed by atoms with Gasteiger partial charge in [-0.2, -0.15) is 0 Å². The fourth-order valence-electron chi connectivity index (χ4n) is 3.69. The van der Waals surface area contributed by atoms with Crippen molar-refractivity contribution in [3.8, 4) is 0 Å². The van der Waals surface area contributed by atoms with Crippen molar-refractivity contribution in [1.82, 2.24) is 10.6 Å². The third kappa shape index (κ3) is 5.41. The third-order valence-electron chi connectivity index (χ3n) is 4.99. The number of thioether (sulfide) groups is 1. The normalized spacial score (nSPS) is 24.4. The van der Waals surface area contributed by atoms with Gasteiger partial charge in [0.2, 0.25) is 11.8 Å². The van der Waals surface area contributed by atoms with Crippen LogP contribution in [0.4, 0.5) is 10.5 Å². The van der Waals surface area contributed by atoms with E-state index in [-0.39, 0.29) is 35.9 Å². The van der Waals surface area contributed by atoms with Gasteiger partial charge in [-0.05, 0) is 25.0 Å². The average Bonchev–Trinajstić information content (AvgIpc) is 3.09. The molecule has 5 N–H and O–H groups in total. The van der Waals surface area contributed by atoms with E-state index in [1.807, 2.05) is 6.07 Å². The smallest absolute Gasteiger partial charge is 0.315 e. The molecule has 0 aromatic heterocycles. The van der Waals surface area contributed by atoms with Gasteiger partial charge in [-0.1, -0.05) is 18.6 Å². The maximum Gasteiger partial charge on any atom is 0.315 e. The van der Waals surface area contributed by atoms with Crippen LogP contribution in [-0.4, -0.2) is 55.1 Å². The zero-order valence-corrected chi connectivity index (χ0v) is 17.4. The summed E-state index contributed by atoms with van der Waals surface area (Å²) in [5, 5.41) is 7.54. The number of fused-ring (bicyclic) bond motifs is 1. The Balaban J connectivity index is 1.46. The van der Waals surface area contributed by atoms with Crippen LogP contribution < -0.4 is 21.7 Å². The SMILES string of the molecule is NC(=O)CSc1ccccc1NC(=O)CCCCC1C2NC(=O)NC2CS1(=O)=O. The molecule has 11 heteroatoms. The van der Waals surface area contributed by atoms with Crippen molar-refractivity contribution >= 4 is 45.1 Å². The number of nitrogens with one attached hydrogen (secondary N) is 3. The van der Waals surface area contributed by atoms with Crippen molar-refractivity contribution in [3.05, 3.63) is 24.3 Å². The predicted molar refractivity (Wildman–Crippen MR) is 110 cm³/mol. The minimum Gasteiger partial charge on any atom is -0.369 e. The molecule has 3 unspecified atom stereocenters. The molecule has 2 heterocycles. The summed E-state index contributed by atoms with van der Waals surface area (Å²) < 4.78 is 24.6.